The summed E-state index contributed by atoms with van der Waals surface area (Å²) < 4.78 is 5.98. The maximum Gasteiger partial charge on any atom is 0.0649 e. The van der Waals surface area contributed by atoms with E-state index in [9.17, 15) is 0 Å². The van der Waals surface area contributed by atoms with Gasteiger partial charge in [0.1, 0.15) is 0 Å². The van der Waals surface area contributed by atoms with Crippen LogP contribution in [0.5, 0.6) is 0 Å². The third-order valence-corrected chi connectivity index (χ3v) is 4.17. The van der Waals surface area contributed by atoms with Crippen LogP contribution in [0, 0.1) is 17.3 Å². The van der Waals surface area contributed by atoms with Crippen molar-refractivity contribution in [3.8, 4) is 0 Å². The maximum absolute atomic E-state index is 5.98. The van der Waals surface area contributed by atoms with E-state index >= 15 is 0 Å². The summed E-state index contributed by atoms with van der Waals surface area (Å²) in [4.78, 5) is 0. The number of rotatable bonds is 6. The second-order valence-corrected chi connectivity index (χ2v) is 6.50. The lowest BCUT2D eigenvalue weighted by atomic mass is 9.78. The van der Waals surface area contributed by atoms with Crippen LogP contribution < -0.4 is 0 Å². The van der Waals surface area contributed by atoms with Crippen molar-refractivity contribution in [1.82, 2.24) is 0 Å². The molecule has 92 valence electrons. The first-order chi connectivity index (χ1) is 6.59. The van der Waals surface area contributed by atoms with Crippen molar-refractivity contribution in [2.24, 2.45) is 17.3 Å². The summed E-state index contributed by atoms with van der Waals surface area (Å²) >= 11 is 0. The van der Waals surface area contributed by atoms with Crippen molar-refractivity contribution >= 4 is 0 Å². The maximum atomic E-state index is 5.98. The van der Waals surface area contributed by atoms with E-state index in [1.54, 1.807) is 0 Å². The first-order valence-corrected chi connectivity index (χ1v) is 6.23. The zero-order valence-corrected chi connectivity index (χ0v) is 12.0. The van der Waals surface area contributed by atoms with E-state index in [4.69, 9.17) is 4.74 Å². The molecule has 0 radical (unpaired) electrons. The molecule has 15 heavy (non-hydrogen) atoms. The molecule has 0 aliphatic heterocycles. The van der Waals surface area contributed by atoms with Crippen LogP contribution in [0.15, 0.2) is 0 Å². The van der Waals surface area contributed by atoms with Gasteiger partial charge in [0.2, 0.25) is 0 Å². The first-order valence-electron chi connectivity index (χ1n) is 6.23. The molecule has 0 unspecified atom stereocenters. The fraction of sp³-hybridized carbons (Fsp3) is 1.00. The Bertz CT molecular complexity index is 158. The summed E-state index contributed by atoms with van der Waals surface area (Å²) in [6.07, 6.45) is 1.14. The highest BCUT2D eigenvalue weighted by molar-refractivity contribution is 4.75. The molecule has 1 heteroatoms. The quantitative estimate of drug-likeness (QED) is 0.632. The molecule has 0 aliphatic carbocycles. The van der Waals surface area contributed by atoms with Gasteiger partial charge in [-0.3, -0.25) is 0 Å². The Morgan fingerprint density at radius 2 is 1.33 bits per heavy atom. The molecule has 0 fully saturated rings. The van der Waals surface area contributed by atoms with Gasteiger partial charge in [-0.15, -0.1) is 0 Å². The van der Waals surface area contributed by atoms with Gasteiger partial charge in [0.25, 0.3) is 0 Å². The molecule has 0 atom stereocenters. The third-order valence-electron chi connectivity index (χ3n) is 4.17. The van der Waals surface area contributed by atoms with Gasteiger partial charge < -0.3 is 4.74 Å². The van der Waals surface area contributed by atoms with Gasteiger partial charge in [0.05, 0.1) is 5.60 Å². The standard InChI is InChI=1S/C14H30O/c1-11(2)13(5,6)9-10-15-14(7,8)12(3)4/h11-12H,9-10H2,1-8H3. The van der Waals surface area contributed by atoms with Crippen LogP contribution in [0.25, 0.3) is 0 Å². The Labute approximate surface area is 96.6 Å². The molecule has 0 amide bonds. The summed E-state index contributed by atoms with van der Waals surface area (Å²) in [5.41, 5.74) is 0.389. The predicted octanol–water partition coefficient (Wildman–Crippen LogP) is 4.51. The molecule has 0 saturated heterocycles. The smallest absolute Gasteiger partial charge is 0.0649 e. The molecular formula is C14H30O. The molecule has 0 rings (SSSR count). The van der Waals surface area contributed by atoms with Crippen molar-refractivity contribution < 1.29 is 4.74 Å². The second-order valence-electron chi connectivity index (χ2n) is 6.50. The van der Waals surface area contributed by atoms with E-state index in [-0.39, 0.29) is 5.60 Å². The summed E-state index contributed by atoms with van der Waals surface area (Å²) in [5, 5.41) is 0. The topological polar surface area (TPSA) is 9.23 Å². The van der Waals surface area contributed by atoms with Crippen molar-refractivity contribution in [1.29, 1.82) is 0 Å². The molecule has 0 spiro atoms. The molecule has 0 aliphatic rings. The van der Waals surface area contributed by atoms with Gasteiger partial charge in [-0.1, -0.05) is 41.5 Å². The molecular weight excluding hydrogens is 184 g/mol. The lowest BCUT2D eigenvalue weighted by Gasteiger charge is -2.34. The fourth-order valence-corrected chi connectivity index (χ4v) is 1.03. The first kappa shape index (κ1) is 15.0. The molecule has 0 aromatic heterocycles. The Hall–Kier alpha value is -0.0400. The SMILES string of the molecule is CC(C)C(C)(C)CCOC(C)(C)C(C)C. The van der Waals surface area contributed by atoms with E-state index in [1.807, 2.05) is 0 Å². The van der Waals surface area contributed by atoms with Crippen molar-refractivity contribution in [3.63, 3.8) is 0 Å². The molecule has 0 bridgehead atoms. The molecule has 0 saturated carbocycles. The summed E-state index contributed by atoms with van der Waals surface area (Å²) in [7, 11) is 0. The van der Waals surface area contributed by atoms with Crippen molar-refractivity contribution in [2.45, 2.75) is 67.4 Å². The zero-order chi connectivity index (χ0) is 12.3. The molecule has 0 aromatic carbocycles. The van der Waals surface area contributed by atoms with Gasteiger partial charge in [-0.2, -0.15) is 0 Å². The van der Waals surface area contributed by atoms with Crippen molar-refractivity contribution in [2.75, 3.05) is 6.61 Å². The zero-order valence-electron chi connectivity index (χ0n) is 12.0. The van der Waals surface area contributed by atoms with E-state index in [2.05, 4.69) is 55.4 Å². The molecule has 0 heterocycles. The average molecular weight is 214 g/mol. The van der Waals surface area contributed by atoms with Crippen LogP contribution in [0.2, 0.25) is 0 Å². The van der Waals surface area contributed by atoms with Gasteiger partial charge in [0, 0.05) is 6.61 Å². The van der Waals surface area contributed by atoms with Gasteiger partial charge in [-0.25, -0.2) is 0 Å². The monoisotopic (exact) mass is 214 g/mol. The van der Waals surface area contributed by atoms with Crippen LogP contribution in [0.4, 0.5) is 0 Å². The van der Waals surface area contributed by atoms with E-state index < -0.39 is 0 Å². The predicted molar refractivity (Wildman–Crippen MR) is 68.1 cm³/mol. The summed E-state index contributed by atoms with van der Waals surface area (Å²) in [6.45, 7) is 18.9. The Balaban J connectivity index is 4.00. The van der Waals surface area contributed by atoms with E-state index in [0.717, 1.165) is 13.0 Å². The van der Waals surface area contributed by atoms with Crippen molar-refractivity contribution in [3.05, 3.63) is 0 Å². The van der Waals surface area contributed by atoms with Gasteiger partial charge in [0.15, 0.2) is 0 Å². The molecule has 0 aromatic rings. The summed E-state index contributed by atoms with van der Waals surface area (Å²) in [5.74, 6) is 1.28. The Morgan fingerprint density at radius 3 is 1.67 bits per heavy atom. The van der Waals surface area contributed by atoms with Gasteiger partial charge >= 0.3 is 0 Å². The largest absolute Gasteiger partial charge is 0.375 e. The number of hydrogen-bond acceptors (Lipinski definition) is 1. The Kier molecular flexibility index (Phi) is 5.32. The minimum absolute atomic E-state index is 0.00700. The van der Waals surface area contributed by atoms with Crippen LogP contribution in [-0.4, -0.2) is 12.2 Å². The molecule has 1 nitrogen and oxygen atoms in total. The fourth-order valence-electron chi connectivity index (χ4n) is 1.03. The van der Waals surface area contributed by atoms with E-state index in [1.165, 1.54) is 0 Å². The van der Waals surface area contributed by atoms with E-state index in [0.29, 0.717) is 17.3 Å². The highest BCUT2D eigenvalue weighted by atomic mass is 16.5. The average Bonchev–Trinajstić information content (AvgIpc) is 2.02. The third kappa shape index (κ3) is 5.01. The van der Waals surface area contributed by atoms with Crippen LogP contribution in [0.3, 0.4) is 0 Å². The minimum atomic E-state index is 0.00700. The minimum Gasteiger partial charge on any atom is -0.375 e. The van der Waals surface area contributed by atoms with Crippen LogP contribution >= 0.6 is 0 Å². The molecule has 0 N–H and O–H groups in total. The van der Waals surface area contributed by atoms with Crippen LogP contribution in [0.1, 0.15) is 61.8 Å². The highest BCUT2D eigenvalue weighted by Gasteiger charge is 2.26. The normalized spacial score (nSPS) is 14.0. The lowest BCUT2D eigenvalue weighted by molar-refractivity contribution is -0.0619. The lowest BCUT2D eigenvalue weighted by Crippen LogP contribution is -2.33. The highest BCUT2D eigenvalue weighted by Crippen LogP contribution is 2.31. The Morgan fingerprint density at radius 1 is 0.867 bits per heavy atom. The van der Waals surface area contributed by atoms with Gasteiger partial charge in [-0.05, 0) is 37.5 Å². The number of ether oxygens (including phenoxy) is 1. The number of hydrogen-bond donors (Lipinski definition) is 0. The van der Waals surface area contributed by atoms with Crippen LogP contribution in [-0.2, 0) is 4.74 Å². The second kappa shape index (κ2) is 5.34. The summed E-state index contributed by atoms with van der Waals surface area (Å²) in [6, 6.07) is 0.